The van der Waals surface area contributed by atoms with E-state index in [0.717, 1.165) is 50.1 Å². The number of piperidine rings is 1. The van der Waals surface area contributed by atoms with E-state index in [1.54, 1.807) is 4.90 Å². The van der Waals surface area contributed by atoms with Gasteiger partial charge in [-0.15, -0.1) is 4.99 Å². The zero-order chi connectivity index (χ0) is 25.4. The zero-order valence-electron chi connectivity index (χ0n) is 21.3. The van der Waals surface area contributed by atoms with Crippen molar-refractivity contribution in [3.63, 3.8) is 0 Å². The number of likely N-dealkylation sites (tertiary alicyclic amines) is 1. The van der Waals surface area contributed by atoms with Crippen LogP contribution in [-0.4, -0.2) is 73.3 Å². The van der Waals surface area contributed by atoms with Gasteiger partial charge in [-0.2, -0.15) is 5.26 Å². The molecule has 1 aromatic carbocycles. The largest absolute Gasteiger partial charge is 0.469 e. The Morgan fingerprint density at radius 3 is 2.40 bits per heavy atom. The zero-order valence-corrected chi connectivity index (χ0v) is 21.3. The summed E-state index contributed by atoms with van der Waals surface area (Å²) in [6.45, 7) is 9.48. The average molecular weight is 484 g/mol. The molecule has 0 spiro atoms. The van der Waals surface area contributed by atoms with Crippen LogP contribution in [0.2, 0.25) is 0 Å². The van der Waals surface area contributed by atoms with Crippen molar-refractivity contribution in [2.75, 3.05) is 44.7 Å². The maximum absolute atomic E-state index is 12.3. The molecule has 35 heavy (non-hydrogen) atoms. The van der Waals surface area contributed by atoms with Crippen LogP contribution in [0, 0.1) is 17.4 Å². The van der Waals surface area contributed by atoms with Gasteiger partial charge in [-0.25, -0.2) is 4.79 Å². The number of nitrogens with zero attached hydrogens (tertiary/aromatic N) is 5. The first-order valence-electron chi connectivity index (χ1n) is 12.3. The first-order valence-corrected chi connectivity index (χ1v) is 12.3. The molecule has 190 valence electrons. The van der Waals surface area contributed by atoms with Crippen molar-refractivity contribution in [1.29, 1.82) is 5.26 Å². The van der Waals surface area contributed by atoms with Gasteiger partial charge in [0.05, 0.1) is 7.11 Å². The van der Waals surface area contributed by atoms with Crippen LogP contribution in [-0.2, 0) is 20.7 Å². The molecule has 0 bridgehead atoms. The fraction of sp³-hybridized carbons (Fsp3) is 0.615. The fourth-order valence-electron chi connectivity index (χ4n) is 4.48. The normalized spacial score (nSPS) is 18.0. The van der Waals surface area contributed by atoms with Crippen molar-refractivity contribution in [2.24, 2.45) is 10.9 Å². The van der Waals surface area contributed by atoms with Crippen LogP contribution in [0.4, 0.5) is 10.5 Å². The smallest absolute Gasteiger partial charge is 0.410 e. The molecule has 9 heteroatoms. The molecule has 3 rings (SSSR count). The SMILES string of the molecule is COC(=O)CCc1ccc(N2CCN(CCC3CCN(C(=O)OC(C)(C)C)CC3)C2=NC#N)cc1. The highest BCUT2D eigenvalue weighted by atomic mass is 16.6. The van der Waals surface area contributed by atoms with Crippen molar-refractivity contribution in [3.8, 4) is 6.19 Å². The van der Waals surface area contributed by atoms with Crippen molar-refractivity contribution >= 4 is 23.7 Å². The number of ether oxygens (including phenoxy) is 2. The molecule has 0 saturated carbocycles. The molecule has 0 atom stereocenters. The van der Waals surface area contributed by atoms with E-state index in [4.69, 9.17) is 9.47 Å². The van der Waals surface area contributed by atoms with Crippen molar-refractivity contribution in [1.82, 2.24) is 9.80 Å². The number of methoxy groups -OCH3 is 1. The molecule has 2 aliphatic rings. The van der Waals surface area contributed by atoms with Crippen LogP contribution in [0.1, 0.15) is 52.0 Å². The molecule has 9 nitrogen and oxygen atoms in total. The number of nitriles is 1. The molecule has 0 radical (unpaired) electrons. The van der Waals surface area contributed by atoms with Crippen LogP contribution in [0.15, 0.2) is 29.3 Å². The van der Waals surface area contributed by atoms with Gasteiger partial charge in [-0.3, -0.25) is 4.79 Å². The second-order valence-corrected chi connectivity index (χ2v) is 10.1. The Labute approximate surface area is 208 Å². The molecule has 2 aliphatic heterocycles. The van der Waals surface area contributed by atoms with Crippen LogP contribution < -0.4 is 4.90 Å². The molecule has 2 saturated heterocycles. The van der Waals surface area contributed by atoms with Crippen molar-refractivity contribution < 1.29 is 19.1 Å². The molecule has 0 unspecified atom stereocenters. The number of carbonyl (C=O) groups is 2. The predicted octanol–water partition coefficient (Wildman–Crippen LogP) is 3.79. The van der Waals surface area contributed by atoms with E-state index in [0.29, 0.717) is 37.8 Å². The molecule has 2 fully saturated rings. The fourth-order valence-corrected chi connectivity index (χ4v) is 4.48. The van der Waals surface area contributed by atoms with Gasteiger partial charge in [-0.1, -0.05) is 12.1 Å². The lowest BCUT2D eigenvalue weighted by Crippen LogP contribution is -2.42. The van der Waals surface area contributed by atoms with Crippen molar-refractivity contribution in [2.45, 2.75) is 58.5 Å². The number of carbonyl (C=O) groups excluding carboxylic acids is 2. The summed E-state index contributed by atoms with van der Waals surface area (Å²) in [6.07, 6.45) is 5.61. The molecule has 2 heterocycles. The standard InChI is InChI=1S/C26H37N5O4/c1-26(2,3)35-25(33)30-15-12-21(13-16-30)11-14-29-17-18-31(24(29)28-19-27)22-8-5-20(6-9-22)7-10-23(32)34-4/h5-6,8-9,21H,7,10-18H2,1-4H3. The van der Waals surface area contributed by atoms with E-state index in [9.17, 15) is 14.9 Å². The first-order chi connectivity index (χ1) is 16.7. The molecule has 1 amide bonds. The molecular weight excluding hydrogens is 446 g/mol. The van der Waals surface area contributed by atoms with Gasteiger partial charge in [0.15, 0.2) is 0 Å². The summed E-state index contributed by atoms with van der Waals surface area (Å²) >= 11 is 0. The third-order valence-corrected chi connectivity index (χ3v) is 6.43. The summed E-state index contributed by atoms with van der Waals surface area (Å²) in [5.41, 5.74) is 1.57. The predicted molar refractivity (Wildman–Crippen MR) is 134 cm³/mol. The van der Waals surface area contributed by atoms with Crippen LogP contribution in [0.3, 0.4) is 0 Å². The van der Waals surface area contributed by atoms with Crippen LogP contribution in [0.25, 0.3) is 0 Å². The van der Waals surface area contributed by atoms with E-state index < -0.39 is 5.60 Å². The first kappa shape index (κ1) is 26.3. The van der Waals surface area contributed by atoms with E-state index in [2.05, 4.69) is 14.8 Å². The lowest BCUT2D eigenvalue weighted by atomic mass is 9.93. The van der Waals surface area contributed by atoms with Gasteiger partial charge in [0.2, 0.25) is 12.2 Å². The van der Waals surface area contributed by atoms with Gasteiger partial charge < -0.3 is 24.2 Å². The Morgan fingerprint density at radius 1 is 1.11 bits per heavy atom. The second kappa shape index (κ2) is 11.9. The number of esters is 1. The molecule has 0 aliphatic carbocycles. The summed E-state index contributed by atoms with van der Waals surface area (Å²) in [6, 6.07) is 8.03. The highest BCUT2D eigenvalue weighted by Gasteiger charge is 2.30. The molecule has 0 N–H and O–H groups in total. The van der Waals surface area contributed by atoms with Crippen molar-refractivity contribution in [3.05, 3.63) is 29.8 Å². The number of hydrogen-bond acceptors (Lipinski definition) is 6. The maximum Gasteiger partial charge on any atom is 0.410 e. The van der Waals surface area contributed by atoms with Gasteiger partial charge in [0, 0.05) is 44.8 Å². The minimum atomic E-state index is -0.477. The number of amides is 1. The number of guanidine groups is 1. The summed E-state index contributed by atoms with van der Waals surface area (Å²) in [7, 11) is 1.40. The summed E-state index contributed by atoms with van der Waals surface area (Å²) in [5, 5.41) is 9.29. The lowest BCUT2D eigenvalue weighted by Gasteiger charge is -2.34. The monoisotopic (exact) mass is 483 g/mol. The minimum absolute atomic E-state index is 0.219. The number of aliphatic imine (C=N–C) groups is 1. The number of aryl methyl sites for hydroxylation is 1. The molecule has 1 aromatic rings. The highest BCUT2D eigenvalue weighted by Crippen LogP contribution is 2.25. The van der Waals surface area contributed by atoms with Crippen LogP contribution >= 0.6 is 0 Å². The Hall–Kier alpha value is -3.28. The number of anilines is 1. The number of hydrogen-bond donors (Lipinski definition) is 0. The third-order valence-electron chi connectivity index (χ3n) is 6.43. The maximum atomic E-state index is 12.3. The number of rotatable bonds is 7. The molecular formula is C26H37N5O4. The number of benzene rings is 1. The topological polar surface area (TPSA) is 98.5 Å². The Kier molecular flexibility index (Phi) is 8.96. The van der Waals surface area contributed by atoms with E-state index >= 15 is 0 Å². The minimum Gasteiger partial charge on any atom is -0.469 e. The molecule has 0 aromatic heterocycles. The quantitative estimate of drug-likeness (QED) is 0.430. The highest BCUT2D eigenvalue weighted by molar-refractivity contribution is 5.98. The lowest BCUT2D eigenvalue weighted by molar-refractivity contribution is -0.140. The third kappa shape index (κ3) is 7.61. The summed E-state index contributed by atoms with van der Waals surface area (Å²) < 4.78 is 10.2. The Bertz CT molecular complexity index is 940. The summed E-state index contributed by atoms with van der Waals surface area (Å²) in [4.78, 5) is 33.9. The summed E-state index contributed by atoms with van der Waals surface area (Å²) in [5.74, 6) is 0.990. The van der Waals surface area contributed by atoms with Crippen LogP contribution in [0.5, 0.6) is 0 Å². The van der Waals surface area contributed by atoms with Gasteiger partial charge >= 0.3 is 12.1 Å². The van der Waals surface area contributed by atoms with Gasteiger partial charge in [0.1, 0.15) is 5.60 Å². The van der Waals surface area contributed by atoms with E-state index in [1.807, 2.05) is 51.2 Å². The van der Waals surface area contributed by atoms with Gasteiger partial charge in [-0.05, 0) is 70.1 Å². The Balaban J connectivity index is 1.51. The van der Waals surface area contributed by atoms with Gasteiger partial charge in [0.25, 0.3) is 0 Å². The van der Waals surface area contributed by atoms with E-state index in [-0.39, 0.29) is 12.1 Å². The Morgan fingerprint density at radius 2 is 1.80 bits per heavy atom. The second-order valence-electron chi connectivity index (χ2n) is 10.1. The average Bonchev–Trinajstić information content (AvgIpc) is 3.23. The van der Waals surface area contributed by atoms with E-state index in [1.165, 1.54) is 7.11 Å².